The molecule has 2 amide bonds. The van der Waals surface area contributed by atoms with Crippen LogP contribution in [0.1, 0.15) is 236 Å². The van der Waals surface area contributed by atoms with Crippen molar-refractivity contribution in [1.82, 2.24) is 16.0 Å². The molecule has 6 heterocycles. The van der Waals surface area contributed by atoms with Gasteiger partial charge in [0, 0.05) is 121 Å². The molecule has 16 unspecified atom stereocenters. The fraction of sp³-hybridized carbons (Fsp3) is 0.951. The second-order valence-electron chi connectivity index (χ2n) is 36.1. The largest absolute Gasteiger partial charge is 0.459 e. The number of aliphatic hydroxyl groups excluding tert-OH is 5. The van der Waals surface area contributed by atoms with Crippen LogP contribution in [0.2, 0.25) is 0 Å². The summed E-state index contributed by atoms with van der Waals surface area (Å²) in [6, 6.07) is -0.659. The Labute approximate surface area is 703 Å². The number of unbranched alkanes of at least 4 members (excludes halogenated alkanes) is 2. The van der Waals surface area contributed by atoms with Crippen LogP contribution >= 0.6 is 0 Å². The second kappa shape index (κ2) is 42.7. The molecular formula is C82H149AcN3O26. The number of methoxy groups -OCH3 is 2. The first-order chi connectivity index (χ1) is 51.5. The quantitative estimate of drug-likeness (QED) is 0.0282. The van der Waals surface area contributed by atoms with Crippen molar-refractivity contribution in [2.75, 3.05) is 33.9 Å². The van der Waals surface area contributed by atoms with Gasteiger partial charge in [0.25, 0.3) is 0 Å². The molecule has 12 N–H and O–H groups in total. The van der Waals surface area contributed by atoms with E-state index < -0.39 is 210 Å². The molecule has 112 heavy (non-hydrogen) atoms. The minimum absolute atomic E-state index is 0. The van der Waals surface area contributed by atoms with E-state index in [1.165, 1.54) is 28.1 Å². The van der Waals surface area contributed by atoms with Gasteiger partial charge < -0.3 is 123 Å². The van der Waals surface area contributed by atoms with Gasteiger partial charge in [-0.15, -0.1) is 0 Å². The number of hydrogen-bond acceptors (Lipinski definition) is 27. The van der Waals surface area contributed by atoms with Gasteiger partial charge in [0.1, 0.15) is 47.3 Å². The van der Waals surface area contributed by atoms with Crippen molar-refractivity contribution in [1.29, 1.82) is 0 Å². The summed E-state index contributed by atoms with van der Waals surface area (Å²) in [6.45, 7) is 40.9. The monoisotopic (exact) mass is 1820 g/mol. The molecule has 38 atom stereocenters. The SMILES string of the molecule is CC[C@H]1OC(=O)[C@H](C)[C@@H](OC2CC(C)(OC)C(OC(=O)NCCCCCC(=O)NCCN[C@@H]3[C@H](C)[C@@H](O)[C@](C)(O)[C@@H](CC)OC(=O)[C@H](C)[C@@H](OC4CC(C)(OC)C(O)C(C)O4)[C@H](C)[C@@H](OC4OC(C)CC(C)C4O)[C@](C)(O)C[C@H]3C)C(C)O2)[C@H](C)[C@@H](OC2OC(C)CC(C)C2O)[C@](C)(O)C[C@@H](C)[C@H](C)[C@H](C)[C@@H](O)[C@]1(C)O.[Ac]. The molecule has 0 aromatic heterocycles. The number of carbonyl (C=O) groups is 4. The maximum absolute atomic E-state index is 14.6. The topological polar surface area (TPSA) is 406 Å². The Morgan fingerprint density at radius 3 is 1.37 bits per heavy atom. The standard InChI is InChI=1S/C82H149N3O26.Ac/c1-26-56-81(22,97)66(89)48(10)47(9)43(5)37-77(18,95)69(109-74-62(87)41(3)35-45(7)101-74)50(12)65(53(15)72(92)105-56)108-60-40-80(21,100-25)71(55(17)104-60)111-76(94)85-32-30-28-29-31-58(86)83-33-34-84-61-44(6)38-78(19,96)70(110-75-63(88)42(4)36-46(8)102-75)51(13)64(107-59-39-79(20,99-24)68(91)54(16)103-59)52(14)73(93)106-57(27-2)82(23,98)67(90)49(61)11;/h41-57,59-71,74-75,84,87-91,95-98H,26-40H2,1-25H3,(H,83,86)(H,85,94);/t41?,42?,43-,44-,45?,46?,47+,48+,49+,50+,51+,52-,53-,54?,55?,56-,57-,59?,60?,61+,62?,63?,64+,65+,66-,67-,68?,69-,70-,71?,74?,75?,77-,78-,79?,80?,81-,82-;/m1./s1. The first kappa shape index (κ1) is 101. The van der Waals surface area contributed by atoms with E-state index in [1.807, 2.05) is 55.4 Å². The third-order valence-corrected chi connectivity index (χ3v) is 26.4. The summed E-state index contributed by atoms with van der Waals surface area (Å²) >= 11 is 0. The third-order valence-electron chi connectivity index (χ3n) is 26.4. The van der Waals surface area contributed by atoms with Crippen LogP contribution in [0, 0.1) is 109 Å². The molecule has 6 fully saturated rings. The maximum atomic E-state index is 14.6. The van der Waals surface area contributed by atoms with Gasteiger partial charge in [-0.2, -0.15) is 0 Å². The van der Waals surface area contributed by atoms with Gasteiger partial charge in [0.15, 0.2) is 31.3 Å². The Kier molecular flexibility index (Phi) is 38.5. The third kappa shape index (κ3) is 24.8. The molecule has 0 spiro atoms. The summed E-state index contributed by atoms with van der Waals surface area (Å²) in [5, 5.41) is 118. The fourth-order valence-corrected chi connectivity index (χ4v) is 18.9. The maximum Gasteiger partial charge on any atom is 0.407 e. The second-order valence-corrected chi connectivity index (χ2v) is 36.1. The number of alkyl carbamates (subject to hydrolysis) is 1. The van der Waals surface area contributed by atoms with Crippen molar-refractivity contribution < 1.29 is 171 Å². The molecule has 6 rings (SSSR count). The van der Waals surface area contributed by atoms with E-state index in [1.54, 1.807) is 90.0 Å². The zero-order chi connectivity index (χ0) is 83.7. The van der Waals surface area contributed by atoms with Gasteiger partial charge in [0.2, 0.25) is 5.91 Å². The minimum Gasteiger partial charge on any atom is -0.459 e. The van der Waals surface area contributed by atoms with Gasteiger partial charge in [-0.3, -0.25) is 14.4 Å². The van der Waals surface area contributed by atoms with Crippen molar-refractivity contribution >= 4 is 23.9 Å². The molecular weight excluding hydrogens is 1670 g/mol. The molecule has 29 nitrogen and oxygen atoms in total. The molecule has 6 aliphatic heterocycles. The summed E-state index contributed by atoms with van der Waals surface area (Å²) in [5.74, 6) is -8.44. The smallest absolute Gasteiger partial charge is 0.407 e. The van der Waals surface area contributed by atoms with Crippen LogP contribution in [0.15, 0.2) is 0 Å². The number of esters is 2. The van der Waals surface area contributed by atoms with E-state index in [-0.39, 0.29) is 150 Å². The molecule has 30 heteroatoms. The number of amides is 2. The predicted octanol–water partition coefficient (Wildman–Crippen LogP) is 6.86. The van der Waals surface area contributed by atoms with Crippen LogP contribution in [0.25, 0.3) is 0 Å². The fourth-order valence-electron chi connectivity index (χ4n) is 18.9. The molecule has 651 valence electrons. The Balaban J connectivity index is 0.0000224. The molecule has 0 aliphatic carbocycles. The van der Waals surface area contributed by atoms with Gasteiger partial charge in [-0.05, 0) is 170 Å². The summed E-state index contributed by atoms with van der Waals surface area (Å²) in [5.41, 5.74) is -9.65. The average Bonchev–Trinajstić information content (AvgIpc) is 0.774. The van der Waals surface area contributed by atoms with Crippen molar-refractivity contribution in [2.24, 2.45) is 65.1 Å². The van der Waals surface area contributed by atoms with E-state index in [9.17, 15) is 65.1 Å². The first-order valence-electron chi connectivity index (χ1n) is 41.5. The molecule has 0 aromatic carbocycles. The average molecular weight is 1820 g/mol. The van der Waals surface area contributed by atoms with Crippen LogP contribution in [-0.4, -0.2) is 266 Å². The molecule has 6 aliphatic rings. The molecule has 0 saturated carbocycles. The van der Waals surface area contributed by atoms with Gasteiger partial charge in [-0.1, -0.05) is 82.6 Å². The molecule has 6 saturated heterocycles. The number of rotatable bonds is 23. The van der Waals surface area contributed by atoms with Gasteiger partial charge >= 0.3 is 18.0 Å². The van der Waals surface area contributed by atoms with E-state index in [0.29, 0.717) is 32.1 Å². The van der Waals surface area contributed by atoms with E-state index in [4.69, 9.17) is 61.6 Å². The van der Waals surface area contributed by atoms with Crippen molar-refractivity contribution in [2.45, 2.75) is 399 Å². The number of hydrogen-bond donors (Lipinski definition) is 12. The predicted molar refractivity (Wildman–Crippen MR) is 411 cm³/mol. The Hall–Kier alpha value is -1.68. The van der Waals surface area contributed by atoms with Gasteiger partial charge in [0.05, 0.1) is 89.7 Å². The Morgan fingerprint density at radius 2 is 0.911 bits per heavy atom. The van der Waals surface area contributed by atoms with Crippen LogP contribution in [-0.2, 0) is 76.0 Å². The van der Waals surface area contributed by atoms with E-state index >= 15 is 0 Å². The van der Waals surface area contributed by atoms with Crippen LogP contribution in [0.5, 0.6) is 0 Å². The van der Waals surface area contributed by atoms with Crippen LogP contribution < -0.4 is 16.0 Å². The van der Waals surface area contributed by atoms with Crippen molar-refractivity contribution in [3.8, 4) is 0 Å². The van der Waals surface area contributed by atoms with Crippen molar-refractivity contribution in [3.63, 3.8) is 0 Å². The number of carbonyl (C=O) groups excluding carboxylic acids is 4. The summed E-state index contributed by atoms with van der Waals surface area (Å²) in [4.78, 5) is 56.4. The van der Waals surface area contributed by atoms with E-state index in [2.05, 4.69) is 16.0 Å². The normalized spacial score (nSPS) is 47.4. The first-order valence-corrected chi connectivity index (χ1v) is 41.5. The number of aliphatic hydroxyl groups is 9. The number of ether oxygens (including phenoxy) is 13. The van der Waals surface area contributed by atoms with Crippen LogP contribution in [0.4, 0.5) is 4.79 Å². The Bertz CT molecular complexity index is 2900. The molecule has 0 aromatic rings. The molecule has 1 radical (unpaired) electrons. The van der Waals surface area contributed by atoms with Gasteiger partial charge in [-0.25, -0.2) is 4.79 Å². The summed E-state index contributed by atoms with van der Waals surface area (Å²) in [6.07, 6.45) is -18.0. The van der Waals surface area contributed by atoms with Crippen molar-refractivity contribution in [3.05, 3.63) is 0 Å². The zero-order valence-corrected chi connectivity index (χ0v) is 76.9. The summed E-state index contributed by atoms with van der Waals surface area (Å²) in [7, 11) is 2.96. The minimum atomic E-state index is -2.00. The zero-order valence-electron chi connectivity index (χ0n) is 72.1. The Morgan fingerprint density at radius 1 is 0.473 bits per heavy atom. The summed E-state index contributed by atoms with van der Waals surface area (Å²) < 4.78 is 82.9. The number of nitrogens with one attached hydrogen (secondary N) is 3. The number of cyclic esters (lactones) is 2. The molecule has 0 bridgehead atoms. The van der Waals surface area contributed by atoms with E-state index in [0.717, 1.165) is 0 Å². The van der Waals surface area contributed by atoms with Crippen LogP contribution in [0.3, 0.4) is 0 Å².